The molecule has 0 radical (unpaired) electrons. The molecule has 27 heavy (non-hydrogen) atoms. The quantitative estimate of drug-likeness (QED) is 0.819. The topological polar surface area (TPSA) is 46.5 Å². The van der Waals surface area contributed by atoms with Gasteiger partial charge in [-0.15, -0.1) is 0 Å². The van der Waals surface area contributed by atoms with Crippen molar-refractivity contribution in [2.45, 2.75) is 49.4 Å². The summed E-state index contributed by atoms with van der Waals surface area (Å²) in [5.41, 5.74) is 3.55. The molecule has 4 saturated carbocycles. The summed E-state index contributed by atoms with van der Waals surface area (Å²) in [6.45, 7) is -0.286. The Morgan fingerprint density at radius 2 is 1.44 bits per heavy atom. The first-order valence-corrected chi connectivity index (χ1v) is 10.1. The molecule has 0 spiro atoms. The van der Waals surface area contributed by atoms with E-state index in [2.05, 4.69) is 42.5 Å². The van der Waals surface area contributed by atoms with Crippen LogP contribution in [-0.4, -0.2) is 17.7 Å². The van der Waals surface area contributed by atoms with Gasteiger partial charge in [0.15, 0.2) is 6.61 Å². The minimum Gasteiger partial charge on any atom is -0.482 e. The number of carboxylic acid groups (broad SMARTS) is 1. The highest BCUT2D eigenvalue weighted by atomic mass is 16.5. The maximum Gasteiger partial charge on any atom is 0.341 e. The molecule has 0 aromatic heterocycles. The molecule has 4 aliphatic carbocycles. The predicted octanol–water partition coefficient (Wildman–Crippen LogP) is 4.94. The average molecular weight is 362 g/mol. The maximum atomic E-state index is 10.7. The van der Waals surface area contributed by atoms with Gasteiger partial charge in [-0.2, -0.15) is 0 Å². The van der Waals surface area contributed by atoms with E-state index in [1.807, 2.05) is 12.1 Å². The van der Waals surface area contributed by atoms with Gasteiger partial charge in [-0.25, -0.2) is 4.79 Å². The average Bonchev–Trinajstić information content (AvgIpc) is 2.66. The number of hydrogen-bond acceptors (Lipinski definition) is 2. The first kappa shape index (κ1) is 16.9. The van der Waals surface area contributed by atoms with Gasteiger partial charge < -0.3 is 9.84 Å². The number of ether oxygens (including phenoxy) is 1. The molecule has 2 aromatic rings. The van der Waals surface area contributed by atoms with Crippen molar-refractivity contribution in [2.75, 3.05) is 6.61 Å². The van der Waals surface area contributed by atoms with E-state index in [1.165, 1.54) is 49.7 Å². The van der Waals surface area contributed by atoms with Crippen molar-refractivity contribution in [1.29, 1.82) is 0 Å². The molecule has 0 amide bonds. The van der Waals surface area contributed by atoms with Crippen LogP contribution in [0.5, 0.6) is 5.75 Å². The lowest BCUT2D eigenvalue weighted by Crippen LogP contribution is -2.55. The number of carbonyl (C=O) groups is 1. The highest BCUT2D eigenvalue weighted by Crippen LogP contribution is 2.66. The molecule has 4 aliphatic rings. The molecule has 140 valence electrons. The number of carboxylic acids is 1. The van der Waals surface area contributed by atoms with E-state index in [0.717, 1.165) is 11.8 Å². The van der Waals surface area contributed by atoms with Crippen LogP contribution in [0.15, 0.2) is 54.6 Å². The summed E-state index contributed by atoms with van der Waals surface area (Å²) in [7, 11) is 0. The lowest BCUT2D eigenvalue weighted by molar-refractivity contribution is -0.139. The lowest BCUT2D eigenvalue weighted by Gasteiger charge is -2.62. The van der Waals surface area contributed by atoms with Gasteiger partial charge in [-0.3, -0.25) is 0 Å². The third-order valence-electron chi connectivity index (χ3n) is 7.28. The van der Waals surface area contributed by atoms with Gasteiger partial charge >= 0.3 is 5.97 Å². The minimum absolute atomic E-state index is 0.269. The maximum absolute atomic E-state index is 10.7. The molecule has 2 unspecified atom stereocenters. The lowest BCUT2D eigenvalue weighted by atomic mass is 9.42. The van der Waals surface area contributed by atoms with E-state index < -0.39 is 5.97 Å². The Hall–Kier alpha value is -2.29. The molecule has 0 heterocycles. The van der Waals surface area contributed by atoms with Crippen molar-refractivity contribution in [3.05, 3.63) is 65.7 Å². The highest BCUT2D eigenvalue weighted by molar-refractivity contribution is 5.68. The molecular weight excluding hydrogens is 336 g/mol. The predicted molar refractivity (Wildman–Crippen MR) is 104 cm³/mol. The number of aliphatic carboxylic acids is 1. The van der Waals surface area contributed by atoms with E-state index >= 15 is 0 Å². The molecule has 0 saturated heterocycles. The molecule has 4 fully saturated rings. The zero-order chi connectivity index (χ0) is 18.5. The van der Waals surface area contributed by atoms with Crippen molar-refractivity contribution in [3.8, 4) is 5.75 Å². The van der Waals surface area contributed by atoms with Crippen LogP contribution in [0.2, 0.25) is 0 Å². The zero-order valence-corrected chi connectivity index (χ0v) is 15.6. The Morgan fingerprint density at radius 3 is 2.00 bits per heavy atom. The first-order valence-electron chi connectivity index (χ1n) is 10.1. The summed E-state index contributed by atoms with van der Waals surface area (Å²) < 4.78 is 5.33. The van der Waals surface area contributed by atoms with Crippen molar-refractivity contribution < 1.29 is 14.6 Å². The largest absolute Gasteiger partial charge is 0.482 e. The Morgan fingerprint density at radius 1 is 0.889 bits per heavy atom. The van der Waals surface area contributed by atoms with Crippen LogP contribution in [0, 0.1) is 11.8 Å². The van der Waals surface area contributed by atoms with Crippen LogP contribution in [0.1, 0.15) is 49.7 Å². The van der Waals surface area contributed by atoms with Crippen LogP contribution >= 0.6 is 0 Å². The second-order valence-electron chi connectivity index (χ2n) is 9.09. The van der Waals surface area contributed by atoms with Gasteiger partial charge in [-0.1, -0.05) is 42.5 Å². The van der Waals surface area contributed by atoms with Gasteiger partial charge in [0.05, 0.1) is 0 Å². The van der Waals surface area contributed by atoms with Crippen LogP contribution in [0.25, 0.3) is 0 Å². The number of hydrogen-bond donors (Lipinski definition) is 1. The summed E-state index contributed by atoms with van der Waals surface area (Å²) in [6, 6.07) is 19.4. The summed E-state index contributed by atoms with van der Waals surface area (Å²) in [6.07, 6.45) is 7.92. The molecule has 3 heteroatoms. The SMILES string of the molecule is O=C(O)COc1ccc(C23C[C@@H]4C[C@@H](CC(c5ccccc5)(C4)C2)C3)cc1. The summed E-state index contributed by atoms with van der Waals surface area (Å²) in [4.78, 5) is 10.7. The normalized spacial score (nSPS) is 33.8. The summed E-state index contributed by atoms with van der Waals surface area (Å²) >= 11 is 0. The Bertz CT molecular complexity index is 826. The molecule has 1 N–H and O–H groups in total. The standard InChI is InChI=1S/C24H26O3/c25-22(26)15-27-21-8-6-20(7-9-21)24-13-17-10-18(14-24)12-23(11-17,16-24)19-4-2-1-3-5-19/h1-9,17-18H,10-16H2,(H,25,26)/t17-,18+,23?,24?. The third-order valence-corrected chi connectivity index (χ3v) is 7.28. The second kappa shape index (κ2) is 6.12. The van der Waals surface area contributed by atoms with Crippen LogP contribution in [-0.2, 0) is 15.6 Å². The van der Waals surface area contributed by atoms with E-state index in [9.17, 15) is 4.79 Å². The van der Waals surface area contributed by atoms with E-state index in [-0.39, 0.29) is 12.0 Å². The Kier molecular flexibility index (Phi) is 3.82. The van der Waals surface area contributed by atoms with Crippen molar-refractivity contribution >= 4 is 5.97 Å². The fourth-order valence-electron chi connectivity index (χ4n) is 6.78. The fourth-order valence-corrected chi connectivity index (χ4v) is 6.78. The van der Waals surface area contributed by atoms with Crippen molar-refractivity contribution in [1.82, 2.24) is 0 Å². The van der Waals surface area contributed by atoms with Crippen molar-refractivity contribution in [2.24, 2.45) is 11.8 Å². The Balaban J connectivity index is 1.46. The summed E-state index contributed by atoms with van der Waals surface area (Å²) in [5.74, 6) is 1.36. The van der Waals surface area contributed by atoms with Gasteiger partial charge in [0.1, 0.15) is 5.75 Å². The van der Waals surface area contributed by atoms with E-state index in [0.29, 0.717) is 11.2 Å². The van der Waals surface area contributed by atoms with Crippen LogP contribution < -0.4 is 4.74 Å². The van der Waals surface area contributed by atoms with Crippen LogP contribution in [0.3, 0.4) is 0 Å². The molecule has 4 atom stereocenters. The van der Waals surface area contributed by atoms with Gasteiger partial charge in [0.25, 0.3) is 0 Å². The highest BCUT2D eigenvalue weighted by Gasteiger charge is 2.58. The Labute approximate surface area is 160 Å². The summed E-state index contributed by atoms with van der Waals surface area (Å²) in [5, 5.41) is 8.79. The van der Waals surface area contributed by atoms with Gasteiger partial charge in [0, 0.05) is 0 Å². The van der Waals surface area contributed by atoms with Crippen LogP contribution in [0.4, 0.5) is 0 Å². The molecular formula is C24H26O3. The first-order chi connectivity index (χ1) is 13.1. The monoisotopic (exact) mass is 362 g/mol. The third kappa shape index (κ3) is 2.84. The van der Waals surface area contributed by atoms with Gasteiger partial charge in [0.2, 0.25) is 0 Å². The molecule has 2 aromatic carbocycles. The number of rotatable bonds is 5. The van der Waals surface area contributed by atoms with Gasteiger partial charge in [-0.05, 0) is 84.5 Å². The zero-order valence-electron chi connectivity index (χ0n) is 15.6. The molecule has 4 bridgehead atoms. The van der Waals surface area contributed by atoms with E-state index in [4.69, 9.17) is 9.84 Å². The van der Waals surface area contributed by atoms with Crippen molar-refractivity contribution in [3.63, 3.8) is 0 Å². The smallest absolute Gasteiger partial charge is 0.341 e. The second-order valence-corrected chi connectivity index (χ2v) is 9.09. The minimum atomic E-state index is -0.940. The fraction of sp³-hybridized carbons (Fsp3) is 0.458. The molecule has 0 aliphatic heterocycles. The van der Waals surface area contributed by atoms with E-state index in [1.54, 1.807) is 0 Å². The number of benzene rings is 2. The molecule has 6 rings (SSSR count). The molecule has 3 nitrogen and oxygen atoms in total.